The standard InChI is InChI=1S/C48H54F4N8O8S2/c1-27-33(60-45(69)59(44(65)47(60,6)7)34-14-13-31(22-53)38(39(34)49)48(50,51)52)15-16-37(56-27)68-18-8-17-66-19-20-67-25-36(62)57-41(46(3,4)5)43(64)58-24-32(61)21-35(58)42(63)54-23-29-9-11-30(12-10-29)40-28(2)55-26-70-40/h9-16,26,32,35,41,61H,8,17-21,23-25H2,1-7H3,(H,54,63)(H,57,62). The number of β-amino-alcohol motifs (C(OH)–C–C–N with tert-alkyl or cyclic N) is 1. The highest BCUT2D eigenvalue weighted by Crippen LogP contribution is 2.42. The van der Waals surface area contributed by atoms with E-state index in [2.05, 4.69) is 20.6 Å². The molecule has 2 aromatic carbocycles. The Morgan fingerprint density at radius 2 is 1.69 bits per heavy atom. The van der Waals surface area contributed by atoms with E-state index < -0.39 is 81.6 Å². The molecule has 0 aliphatic carbocycles. The molecule has 3 atom stereocenters. The fourth-order valence-corrected chi connectivity index (χ4v) is 9.39. The van der Waals surface area contributed by atoms with Crippen molar-refractivity contribution in [1.82, 2.24) is 25.5 Å². The maximum Gasteiger partial charge on any atom is 0.420 e. The number of anilines is 2. The van der Waals surface area contributed by atoms with Gasteiger partial charge < -0.3 is 39.8 Å². The summed E-state index contributed by atoms with van der Waals surface area (Å²) in [5.74, 6) is -3.82. The van der Waals surface area contributed by atoms with Crippen LogP contribution in [0.15, 0.2) is 54.0 Å². The van der Waals surface area contributed by atoms with Crippen molar-refractivity contribution in [1.29, 1.82) is 5.26 Å². The van der Waals surface area contributed by atoms with Crippen molar-refractivity contribution in [3.8, 4) is 22.4 Å². The van der Waals surface area contributed by atoms with Crippen molar-refractivity contribution in [3.05, 3.63) is 87.9 Å². The lowest BCUT2D eigenvalue weighted by Crippen LogP contribution is -2.58. The molecule has 2 aliphatic heterocycles. The predicted octanol–water partition coefficient (Wildman–Crippen LogP) is 6.38. The van der Waals surface area contributed by atoms with Crippen LogP contribution in [-0.2, 0) is 41.4 Å². The minimum atomic E-state index is -5.21. The van der Waals surface area contributed by atoms with E-state index in [9.17, 15) is 42.7 Å². The number of thiazole rings is 1. The molecule has 22 heteroatoms. The van der Waals surface area contributed by atoms with Gasteiger partial charge in [0.15, 0.2) is 10.9 Å². The number of hydrogen-bond donors (Lipinski definition) is 3. The van der Waals surface area contributed by atoms with Gasteiger partial charge in [0.2, 0.25) is 23.6 Å². The Balaban J connectivity index is 0.923. The van der Waals surface area contributed by atoms with E-state index in [1.54, 1.807) is 50.6 Å². The number of benzene rings is 2. The van der Waals surface area contributed by atoms with Crippen LogP contribution in [0.4, 0.5) is 28.9 Å². The van der Waals surface area contributed by atoms with Crippen LogP contribution in [-0.4, -0.2) is 112 Å². The van der Waals surface area contributed by atoms with E-state index in [4.69, 9.17) is 26.4 Å². The normalized spacial score (nSPS) is 17.4. The first kappa shape index (κ1) is 53.2. The molecule has 3 N–H and O–H groups in total. The molecule has 4 amide bonds. The van der Waals surface area contributed by atoms with Gasteiger partial charge in [-0.3, -0.25) is 24.1 Å². The second-order valence-electron chi connectivity index (χ2n) is 18.3. The number of likely N-dealkylation sites (tertiary alicyclic amines) is 1. The molecule has 0 bridgehead atoms. The van der Waals surface area contributed by atoms with Crippen LogP contribution < -0.4 is 25.2 Å². The number of pyridine rings is 1. The third-order valence-electron chi connectivity index (χ3n) is 11.7. The Bertz CT molecular complexity index is 2650. The third-order valence-corrected chi connectivity index (χ3v) is 13.1. The number of carbonyl (C=O) groups is 4. The lowest BCUT2D eigenvalue weighted by molar-refractivity contribution is -0.144. The molecule has 2 aromatic heterocycles. The molecule has 0 radical (unpaired) electrons. The molecule has 3 unspecified atom stereocenters. The first-order valence-electron chi connectivity index (χ1n) is 22.2. The molecular formula is C48H54F4N8O8S2. The van der Waals surface area contributed by atoms with Gasteiger partial charge in [-0.25, -0.2) is 14.4 Å². The lowest BCUT2D eigenvalue weighted by atomic mass is 9.85. The van der Waals surface area contributed by atoms with Crippen LogP contribution in [0, 0.1) is 36.4 Å². The SMILES string of the molecule is Cc1nc(OCCCOCCOCC(=O)NC(C(=O)N2CC(O)CC2C(=O)NCc2ccc(-c3scnc3C)cc2)C(C)(C)C)ccc1N1C(=S)N(c2ccc(C#N)c(C(F)(F)F)c2F)C(=O)C1(C)C. The van der Waals surface area contributed by atoms with Gasteiger partial charge in [-0.15, -0.1) is 11.3 Å². The van der Waals surface area contributed by atoms with Crippen molar-refractivity contribution < 1.29 is 56.1 Å². The summed E-state index contributed by atoms with van der Waals surface area (Å²) in [5.41, 5.74) is -0.396. The highest BCUT2D eigenvalue weighted by atomic mass is 32.1. The van der Waals surface area contributed by atoms with E-state index in [1.807, 2.05) is 31.2 Å². The third kappa shape index (κ3) is 11.9. The highest BCUT2D eigenvalue weighted by molar-refractivity contribution is 7.81. The van der Waals surface area contributed by atoms with Crippen molar-refractivity contribution in [3.63, 3.8) is 0 Å². The summed E-state index contributed by atoms with van der Waals surface area (Å²) < 4.78 is 73.6. The van der Waals surface area contributed by atoms with Gasteiger partial charge in [-0.1, -0.05) is 45.0 Å². The molecule has 374 valence electrons. The van der Waals surface area contributed by atoms with Crippen molar-refractivity contribution >= 4 is 63.7 Å². The maximum absolute atomic E-state index is 15.4. The average molecular weight is 1010 g/mol. The number of halogens is 4. The zero-order chi connectivity index (χ0) is 51.3. The van der Waals surface area contributed by atoms with Crippen LogP contribution in [0.3, 0.4) is 0 Å². The van der Waals surface area contributed by atoms with E-state index in [0.29, 0.717) is 22.7 Å². The minimum absolute atomic E-state index is 0.0548. The molecular weight excluding hydrogens is 957 g/mol. The number of nitrogens with zero attached hydrogens (tertiary/aromatic N) is 6. The van der Waals surface area contributed by atoms with E-state index in [-0.39, 0.29) is 63.5 Å². The maximum atomic E-state index is 15.4. The second-order valence-corrected chi connectivity index (χ2v) is 19.5. The van der Waals surface area contributed by atoms with Crippen molar-refractivity contribution in [2.24, 2.45) is 5.41 Å². The summed E-state index contributed by atoms with van der Waals surface area (Å²) in [5, 5.41) is 25.1. The number of hydrogen-bond acceptors (Lipinski definition) is 13. The second kappa shape index (κ2) is 21.9. The predicted molar refractivity (Wildman–Crippen MR) is 255 cm³/mol. The molecule has 2 saturated heterocycles. The molecule has 4 aromatic rings. The summed E-state index contributed by atoms with van der Waals surface area (Å²) >= 11 is 7.08. The number of thiocarbonyl (C=S) groups is 1. The number of aromatic nitrogens is 2. The van der Waals surface area contributed by atoms with Crippen LogP contribution in [0.25, 0.3) is 10.4 Å². The van der Waals surface area contributed by atoms with Gasteiger partial charge in [-0.2, -0.15) is 18.4 Å². The number of aliphatic hydroxyl groups is 1. The molecule has 2 aliphatic rings. The van der Waals surface area contributed by atoms with Crippen molar-refractivity contribution in [2.75, 3.05) is 49.4 Å². The topological polar surface area (TPSA) is 200 Å². The van der Waals surface area contributed by atoms with E-state index in [0.717, 1.165) is 33.8 Å². The largest absolute Gasteiger partial charge is 0.478 e. The zero-order valence-electron chi connectivity index (χ0n) is 39.6. The minimum Gasteiger partial charge on any atom is -0.478 e. The van der Waals surface area contributed by atoms with Gasteiger partial charge in [0.25, 0.3) is 5.91 Å². The number of carbonyl (C=O) groups excluding carboxylic acids is 4. The van der Waals surface area contributed by atoms with E-state index in [1.165, 1.54) is 35.8 Å². The number of aliphatic hydroxyl groups excluding tert-OH is 1. The number of rotatable bonds is 18. The Morgan fingerprint density at radius 1 is 1.00 bits per heavy atom. The molecule has 6 rings (SSSR count). The Labute approximate surface area is 411 Å². The Morgan fingerprint density at radius 3 is 2.31 bits per heavy atom. The smallest absolute Gasteiger partial charge is 0.420 e. The summed E-state index contributed by atoms with van der Waals surface area (Å²) in [6.45, 7) is 12.3. The lowest BCUT2D eigenvalue weighted by Gasteiger charge is -2.35. The molecule has 0 saturated carbocycles. The summed E-state index contributed by atoms with van der Waals surface area (Å²) in [6.07, 6.45) is -5.63. The van der Waals surface area contributed by atoms with Crippen LogP contribution >= 0.6 is 23.6 Å². The fourth-order valence-electron chi connectivity index (χ4n) is 8.07. The van der Waals surface area contributed by atoms with Crippen molar-refractivity contribution in [2.45, 2.75) is 97.8 Å². The van der Waals surface area contributed by atoms with Gasteiger partial charge in [-0.05, 0) is 74.7 Å². The number of ether oxygens (including phenoxy) is 3. The average Bonchev–Trinajstić information content (AvgIpc) is 3.96. The number of amides is 4. The summed E-state index contributed by atoms with van der Waals surface area (Å²) in [4.78, 5) is 67.2. The monoisotopic (exact) mass is 1010 g/mol. The van der Waals surface area contributed by atoms with Crippen LogP contribution in [0.1, 0.15) is 75.5 Å². The highest BCUT2D eigenvalue weighted by Gasteiger charge is 2.52. The fraction of sp³-hybridized carbons (Fsp3) is 0.458. The number of nitrogens with one attached hydrogen (secondary N) is 2. The quantitative estimate of drug-likeness (QED) is 0.0564. The Hall–Kier alpha value is -6.12. The first-order valence-corrected chi connectivity index (χ1v) is 23.5. The zero-order valence-corrected chi connectivity index (χ0v) is 41.2. The van der Waals surface area contributed by atoms with E-state index >= 15 is 4.39 Å². The Kier molecular flexibility index (Phi) is 16.6. The molecule has 4 heterocycles. The number of alkyl halides is 3. The van der Waals surface area contributed by atoms with Gasteiger partial charge in [0, 0.05) is 38.6 Å². The van der Waals surface area contributed by atoms with Crippen LogP contribution in [0.5, 0.6) is 5.88 Å². The first-order chi connectivity index (χ1) is 32.9. The molecule has 16 nitrogen and oxygen atoms in total. The molecule has 2 fully saturated rings. The van der Waals surface area contributed by atoms with Crippen LogP contribution in [0.2, 0.25) is 0 Å². The number of aryl methyl sites for hydroxylation is 2. The number of nitriles is 1. The summed E-state index contributed by atoms with van der Waals surface area (Å²) in [7, 11) is 0. The van der Waals surface area contributed by atoms with Gasteiger partial charge >= 0.3 is 6.18 Å². The molecule has 0 spiro atoms. The van der Waals surface area contributed by atoms with Gasteiger partial charge in [0.1, 0.15) is 29.8 Å². The van der Waals surface area contributed by atoms with Gasteiger partial charge in [0.05, 0.1) is 70.7 Å². The molecule has 70 heavy (non-hydrogen) atoms. The summed E-state index contributed by atoms with van der Waals surface area (Å²) in [6, 6.07) is 11.9.